The predicted octanol–water partition coefficient (Wildman–Crippen LogP) is -1.27. The van der Waals surface area contributed by atoms with E-state index in [1.807, 2.05) is 6.92 Å². The van der Waals surface area contributed by atoms with Crippen LogP contribution in [0.25, 0.3) is 11.2 Å². The second kappa shape index (κ2) is 6.86. The molecule has 0 bridgehead atoms. The van der Waals surface area contributed by atoms with Crippen LogP contribution in [0.2, 0.25) is 0 Å². The van der Waals surface area contributed by atoms with Crippen molar-refractivity contribution < 1.29 is 25.5 Å². The first kappa shape index (κ1) is 17.1. The molecule has 10 heteroatoms. The topological polar surface area (TPSA) is 145 Å². The van der Waals surface area contributed by atoms with Crippen molar-refractivity contribution in [2.45, 2.75) is 36.5 Å². The van der Waals surface area contributed by atoms with E-state index >= 15 is 0 Å². The normalized spacial score (nSPS) is 28.0. The Morgan fingerprint density at radius 2 is 2.05 bits per heavy atom. The molecule has 1 aliphatic rings. The standard InChI is InChI=1S/C12H16N4O4S.H2O/c1-2-21-11-7-10(13-4-14-11)16(5-15-7)12-9(19)8(18)6(3-17)20-12;/h4-6,8-9,12,17-19H,2-3H2,1H3;1H2. The highest BCUT2D eigenvalue weighted by atomic mass is 32.2. The summed E-state index contributed by atoms with van der Waals surface area (Å²) in [5.41, 5.74) is 1.15. The van der Waals surface area contributed by atoms with E-state index in [2.05, 4.69) is 15.0 Å². The molecule has 22 heavy (non-hydrogen) atoms. The lowest BCUT2D eigenvalue weighted by atomic mass is 10.1. The molecule has 5 N–H and O–H groups in total. The Bertz CT molecular complexity index is 639. The monoisotopic (exact) mass is 330 g/mol. The van der Waals surface area contributed by atoms with E-state index in [1.54, 1.807) is 16.3 Å². The molecule has 3 rings (SSSR count). The zero-order valence-corrected chi connectivity index (χ0v) is 12.6. The van der Waals surface area contributed by atoms with Gasteiger partial charge in [-0.05, 0) is 5.75 Å². The van der Waals surface area contributed by atoms with Crippen LogP contribution in [0.1, 0.15) is 13.2 Å². The SMILES string of the molecule is CCSc1ncnc2c1ncn2C1OC(CO)C(O)C1O.O. The molecule has 3 heterocycles. The van der Waals surface area contributed by atoms with Gasteiger partial charge in [0.15, 0.2) is 11.9 Å². The molecule has 1 fully saturated rings. The van der Waals surface area contributed by atoms with Gasteiger partial charge in [0.25, 0.3) is 0 Å². The molecule has 0 radical (unpaired) electrons. The smallest absolute Gasteiger partial charge is 0.166 e. The summed E-state index contributed by atoms with van der Waals surface area (Å²) in [6.07, 6.45) is -1.04. The first-order valence-corrected chi connectivity index (χ1v) is 7.58. The number of aliphatic hydroxyl groups is 3. The molecule has 2 aromatic heterocycles. The number of aromatic nitrogens is 4. The quantitative estimate of drug-likeness (QED) is 0.464. The van der Waals surface area contributed by atoms with Crippen LogP contribution in [0.15, 0.2) is 17.7 Å². The summed E-state index contributed by atoms with van der Waals surface area (Å²) >= 11 is 1.55. The third-order valence-corrected chi connectivity index (χ3v) is 4.26. The van der Waals surface area contributed by atoms with Gasteiger partial charge in [0.1, 0.15) is 35.2 Å². The van der Waals surface area contributed by atoms with Crippen molar-refractivity contribution in [1.82, 2.24) is 19.5 Å². The number of fused-ring (bicyclic) bond motifs is 1. The molecule has 0 aromatic carbocycles. The Labute approximate surface area is 130 Å². The molecule has 1 saturated heterocycles. The molecule has 122 valence electrons. The number of nitrogens with zero attached hydrogens (tertiary/aromatic N) is 4. The van der Waals surface area contributed by atoms with E-state index in [1.165, 1.54) is 12.7 Å². The van der Waals surface area contributed by atoms with E-state index in [9.17, 15) is 10.2 Å². The Balaban J connectivity index is 0.00000176. The van der Waals surface area contributed by atoms with Crippen LogP contribution in [0.3, 0.4) is 0 Å². The maximum absolute atomic E-state index is 10.1. The van der Waals surface area contributed by atoms with Crippen LogP contribution in [0, 0.1) is 0 Å². The van der Waals surface area contributed by atoms with Crippen molar-refractivity contribution in [3.05, 3.63) is 12.7 Å². The first-order valence-electron chi connectivity index (χ1n) is 6.60. The zero-order chi connectivity index (χ0) is 15.0. The molecule has 0 spiro atoms. The number of imidazole rings is 1. The second-order valence-electron chi connectivity index (χ2n) is 4.66. The van der Waals surface area contributed by atoms with Gasteiger partial charge in [0, 0.05) is 0 Å². The van der Waals surface area contributed by atoms with Gasteiger partial charge in [0.2, 0.25) is 0 Å². The summed E-state index contributed by atoms with van der Waals surface area (Å²) in [6, 6.07) is 0. The largest absolute Gasteiger partial charge is 0.412 e. The Morgan fingerprint density at radius 3 is 2.68 bits per heavy atom. The Hall–Kier alpha value is -1.30. The van der Waals surface area contributed by atoms with Crippen LogP contribution >= 0.6 is 11.8 Å². The molecule has 2 aromatic rings. The minimum absolute atomic E-state index is 0. The average molecular weight is 330 g/mol. The third-order valence-electron chi connectivity index (χ3n) is 3.40. The highest BCUT2D eigenvalue weighted by Crippen LogP contribution is 2.32. The van der Waals surface area contributed by atoms with Gasteiger partial charge < -0.3 is 25.5 Å². The summed E-state index contributed by atoms with van der Waals surface area (Å²) in [5.74, 6) is 0.854. The highest BCUT2D eigenvalue weighted by molar-refractivity contribution is 7.99. The van der Waals surface area contributed by atoms with E-state index < -0.39 is 24.5 Å². The van der Waals surface area contributed by atoms with Crippen molar-refractivity contribution >= 4 is 22.9 Å². The van der Waals surface area contributed by atoms with E-state index in [-0.39, 0.29) is 12.1 Å². The summed E-state index contributed by atoms with van der Waals surface area (Å²) in [5, 5.41) is 29.8. The van der Waals surface area contributed by atoms with Gasteiger partial charge in [-0.1, -0.05) is 6.92 Å². The van der Waals surface area contributed by atoms with Gasteiger partial charge in [-0.2, -0.15) is 0 Å². The number of hydrogen-bond donors (Lipinski definition) is 3. The molecule has 4 unspecified atom stereocenters. The first-order chi connectivity index (χ1) is 10.2. The predicted molar refractivity (Wildman–Crippen MR) is 78.3 cm³/mol. The highest BCUT2D eigenvalue weighted by Gasteiger charge is 2.43. The average Bonchev–Trinajstić information content (AvgIpc) is 3.03. The van der Waals surface area contributed by atoms with Crippen molar-refractivity contribution in [1.29, 1.82) is 0 Å². The number of ether oxygens (including phenoxy) is 1. The van der Waals surface area contributed by atoms with Crippen LogP contribution in [-0.4, -0.2) is 71.0 Å². The molecular weight excluding hydrogens is 312 g/mol. The molecule has 4 atom stereocenters. The molecule has 1 aliphatic heterocycles. The number of aliphatic hydroxyl groups excluding tert-OH is 3. The summed E-state index contributed by atoms with van der Waals surface area (Å²) < 4.78 is 7.05. The fraction of sp³-hybridized carbons (Fsp3) is 0.583. The van der Waals surface area contributed by atoms with Crippen LogP contribution in [-0.2, 0) is 4.74 Å². The lowest BCUT2D eigenvalue weighted by molar-refractivity contribution is -0.0511. The third kappa shape index (κ3) is 2.69. The number of hydrogen-bond acceptors (Lipinski definition) is 8. The molecule has 9 nitrogen and oxygen atoms in total. The minimum atomic E-state index is -1.16. The van der Waals surface area contributed by atoms with Crippen LogP contribution in [0.4, 0.5) is 0 Å². The van der Waals surface area contributed by atoms with E-state index in [4.69, 9.17) is 9.84 Å². The van der Waals surface area contributed by atoms with Gasteiger partial charge >= 0.3 is 0 Å². The van der Waals surface area contributed by atoms with E-state index in [0.717, 1.165) is 10.8 Å². The molecule has 0 amide bonds. The second-order valence-corrected chi connectivity index (χ2v) is 5.92. The number of rotatable bonds is 4. The fourth-order valence-corrected chi connectivity index (χ4v) is 3.04. The Morgan fingerprint density at radius 1 is 1.27 bits per heavy atom. The van der Waals surface area contributed by atoms with Crippen molar-refractivity contribution in [2.75, 3.05) is 12.4 Å². The van der Waals surface area contributed by atoms with Crippen molar-refractivity contribution in [2.24, 2.45) is 0 Å². The van der Waals surface area contributed by atoms with Gasteiger partial charge in [0.05, 0.1) is 12.9 Å². The van der Waals surface area contributed by atoms with Gasteiger partial charge in [-0.15, -0.1) is 11.8 Å². The van der Waals surface area contributed by atoms with E-state index in [0.29, 0.717) is 11.2 Å². The lowest BCUT2D eigenvalue weighted by Gasteiger charge is -2.16. The maximum atomic E-state index is 10.1. The molecule has 0 aliphatic carbocycles. The van der Waals surface area contributed by atoms with Crippen molar-refractivity contribution in [3.63, 3.8) is 0 Å². The summed E-state index contributed by atoms with van der Waals surface area (Å²) in [6.45, 7) is 1.65. The van der Waals surface area contributed by atoms with Crippen LogP contribution < -0.4 is 0 Å². The zero-order valence-electron chi connectivity index (χ0n) is 11.8. The van der Waals surface area contributed by atoms with Gasteiger partial charge in [-0.3, -0.25) is 4.57 Å². The van der Waals surface area contributed by atoms with Crippen molar-refractivity contribution in [3.8, 4) is 0 Å². The van der Waals surface area contributed by atoms with Crippen LogP contribution in [0.5, 0.6) is 0 Å². The number of thioether (sulfide) groups is 1. The molecular formula is C12H18N4O5S. The molecule has 0 saturated carbocycles. The summed E-state index contributed by atoms with van der Waals surface area (Å²) in [7, 11) is 0. The fourth-order valence-electron chi connectivity index (χ4n) is 2.37. The summed E-state index contributed by atoms with van der Waals surface area (Å²) in [4.78, 5) is 12.6. The maximum Gasteiger partial charge on any atom is 0.166 e. The minimum Gasteiger partial charge on any atom is -0.412 e. The lowest BCUT2D eigenvalue weighted by Crippen LogP contribution is -2.33. The Kier molecular flexibility index (Phi) is 5.32. The van der Waals surface area contributed by atoms with Gasteiger partial charge in [-0.25, -0.2) is 15.0 Å².